The lowest BCUT2D eigenvalue weighted by Crippen LogP contribution is -2.33. The molecule has 2 aromatic rings. The highest BCUT2D eigenvalue weighted by molar-refractivity contribution is 7.09. The molecule has 0 bridgehead atoms. The number of rotatable bonds is 5. The zero-order valence-corrected chi connectivity index (χ0v) is 18.2. The van der Waals surface area contributed by atoms with Crippen molar-refractivity contribution in [1.29, 1.82) is 0 Å². The number of ether oxygens (including phenoxy) is 2. The fourth-order valence-corrected chi connectivity index (χ4v) is 6.19. The quantitative estimate of drug-likeness (QED) is 0.758. The zero-order valence-electron chi connectivity index (χ0n) is 17.4. The molecule has 0 unspecified atom stereocenters. The summed E-state index contributed by atoms with van der Waals surface area (Å²) in [5.41, 5.74) is 3.35. The van der Waals surface area contributed by atoms with Crippen molar-refractivity contribution in [1.82, 2.24) is 4.98 Å². The molecule has 2 aliphatic heterocycles. The van der Waals surface area contributed by atoms with Gasteiger partial charge in [-0.2, -0.15) is 0 Å². The minimum Gasteiger partial charge on any atom is -0.493 e. The van der Waals surface area contributed by atoms with Crippen molar-refractivity contribution >= 4 is 17.0 Å². The first-order chi connectivity index (χ1) is 14.6. The van der Waals surface area contributed by atoms with Gasteiger partial charge in [-0.3, -0.25) is 0 Å². The minimum absolute atomic E-state index is 0.0281. The summed E-state index contributed by atoms with van der Waals surface area (Å²) < 4.78 is 12.5. The van der Waals surface area contributed by atoms with Gasteiger partial charge in [-0.15, -0.1) is 11.3 Å². The third kappa shape index (κ3) is 3.84. The number of aliphatic hydroxyl groups is 2. The van der Waals surface area contributed by atoms with E-state index < -0.39 is 6.10 Å². The second kappa shape index (κ2) is 8.46. The summed E-state index contributed by atoms with van der Waals surface area (Å²) in [5.74, 6) is 1.29. The lowest BCUT2D eigenvalue weighted by atomic mass is 9.87. The van der Waals surface area contributed by atoms with Crippen LogP contribution in [0.3, 0.4) is 0 Å². The molecule has 5 atom stereocenters. The Hall–Kier alpha value is -1.67. The van der Waals surface area contributed by atoms with Crippen molar-refractivity contribution in [2.24, 2.45) is 11.8 Å². The lowest BCUT2D eigenvalue weighted by Gasteiger charge is -2.34. The number of anilines is 1. The van der Waals surface area contributed by atoms with E-state index in [1.165, 1.54) is 17.7 Å². The number of benzene rings is 1. The van der Waals surface area contributed by atoms with Crippen LogP contribution in [0.4, 0.5) is 5.69 Å². The molecular formula is C23H30N2O4S. The Morgan fingerprint density at radius 3 is 3.07 bits per heavy atom. The van der Waals surface area contributed by atoms with E-state index in [2.05, 4.69) is 35.1 Å². The Morgan fingerprint density at radius 2 is 2.23 bits per heavy atom. The van der Waals surface area contributed by atoms with Gasteiger partial charge < -0.3 is 24.6 Å². The highest BCUT2D eigenvalue weighted by Gasteiger charge is 2.47. The van der Waals surface area contributed by atoms with Crippen LogP contribution >= 0.6 is 11.3 Å². The van der Waals surface area contributed by atoms with Gasteiger partial charge in [0.2, 0.25) is 0 Å². The van der Waals surface area contributed by atoms with Gasteiger partial charge in [0.1, 0.15) is 16.9 Å². The van der Waals surface area contributed by atoms with E-state index in [1.807, 2.05) is 5.38 Å². The number of aryl methyl sites for hydroxylation is 1. The molecule has 30 heavy (non-hydrogen) atoms. The van der Waals surface area contributed by atoms with E-state index in [-0.39, 0.29) is 24.7 Å². The maximum Gasteiger partial charge on any atom is 0.122 e. The van der Waals surface area contributed by atoms with Gasteiger partial charge in [0.25, 0.3) is 0 Å². The van der Waals surface area contributed by atoms with E-state index in [1.54, 1.807) is 11.3 Å². The standard InChI is InChI=1S/C23H30N2O4S/c1-25-8-2-3-14-4-5-16(9-19(14)25)28-12-18-17-6-7-21(29-22(17)10-20(18)27)23-24-15(11-26)13-30-23/h4-5,9,13,17-18,20-22,26-27H,2-3,6-8,10-12H2,1H3/t17-,18-,20+,21-,22+/m1/s1. The molecule has 1 saturated heterocycles. The molecule has 1 aromatic heterocycles. The molecule has 2 fully saturated rings. The Morgan fingerprint density at radius 1 is 1.33 bits per heavy atom. The first-order valence-electron chi connectivity index (χ1n) is 11.0. The average Bonchev–Trinajstić information content (AvgIpc) is 3.36. The first kappa shape index (κ1) is 20.2. The number of thiazole rings is 1. The topological polar surface area (TPSA) is 75.1 Å². The monoisotopic (exact) mass is 430 g/mol. The highest BCUT2D eigenvalue weighted by atomic mass is 32.1. The van der Waals surface area contributed by atoms with Crippen molar-refractivity contribution in [2.75, 3.05) is 25.1 Å². The average molecular weight is 431 g/mol. The summed E-state index contributed by atoms with van der Waals surface area (Å²) >= 11 is 1.55. The van der Waals surface area contributed by atoms with E-state index >= 15 is 0 Å². The van der Waals surface area contributed by atoms with Gasteiger partial charge in [0, 0.05) is 43.1 Å². The van der Waals surface area contributed by atoms with Crippen molar-refractivity contribution in [3.63, 3.8) is 0 Å². The van der Waals surface area contributed by atoms with Crippen LogP contribution in [-0.2, 0) is 17.8 Å². The van der Waals surface area contributed by atoms with Crippen LogP contribution in [0, 0.1) is 11.8 Å². The molecule has 5 rings (SSSR count). The molecule has 1 aromatic carbocycles. The zero-order chi connectivity index (χ0) is 20.7. The summed E-state index contributed by atoms with van der Waals surface area (Å²) in [6.45, 7) is 1.57. The van der Waals surface area contributed by atoms with Crippen LogP contribution in [0.5, 0.6) is 5.75 Å². The number of aliphatic hydroxyl groups excluding tert-OH is 2. The van der Waals surface area contributed by atoms with E-state index in [0.29, 0.717) is 24.6 Å². The third-order valence-electron chi connectivity index (χ3n) is 6.95. The van der Waals surface area contributed by atoms with Crippen LogP contribution in [0.25, 0.3) is 0 Å². The van der Waals surface area contributed by atoms with Crippen molar-refractivity contribution in [3.05, 3.63) is 39.8 Å². The molecule has 7 heteroatoms. The molecule has 3 heterocycles. The van der Waals surface area contributed by atoms with Crippen LogP contribution < -0.4 is 9.64 Å². The first-order valence-corrected chi connectivity index (χ1v) is 11.9. The minimum atomic E-state index is -0.400. The lowest BCUT2D eigenvalue weighted by molar-refractivity contribution is -0.0812. The van der Waals surface area contributed by atoms with Crippen LogP contribution in [0.15, 0.2) is 23.6 Å². The normalized spacial score (nSPS) is 30.8. The number of fused-ring (bicyclic) bond motifs is 2. The molecule has 1 aliphatic carbocycles. The van der Waals surface area contributed by atoms with Crippen molar-refractivity contribution in [2.45, 2.75) is 57.0 Å². The summed E-state index contributed by atoms with van der Waals surface area (Å²) in [6.07, 6.45) is 4.49. The van der Waals surface area contributed by atoms with Gasteiger partial charge in [-0.05, 0) is 43.2 Å². The molecule has 2 N–H and O–H groups in total. The fraction of sp³-hybridized carbons (Fsp3) is 0.609. The van der Waals surface area contributed by atoms with Gasteiger partial charge in [-0.1, -0.05) is 6.07 Å². The van der Waals surface area contributed by atoms with Gasteiger partial charge in [0.15, 0.2) is 0 Å². The molecule has 6 nitrogen and oxygen atoms in total. The summed E-state index contributed by atoms with van der Waals surface area (Å²) in [4.78, 5) is 6.77. The Balaban J connectivity index is 1.22. The fourth-order valence-electron chi connectivity index (χ4n) is 5.31. The van der Waals surface area contributed by atoms with Crippen LogP contribution in [0.2, 0.25) is 0 Å². The molecule has 0 spiro atoms. The van der Waals surface area contributed by atoms with Gasteiger partial charge in [0.05, 0.1) is 31.1 Å². The predicted octanol–water partition coefficient (Wildman–Crippen LogP) is 3.31. The summed E-state index contributed by atoms with van der Waals surface area (Å²) in [7, 11) is 2.13. The number of hydrogen-bond donors (Lipinski definition) is 2. The number of hydrogen-bond acceptors (Lipinski definition) is 7. The smallest absolute Gasteiger partial charge is 0.122 e. The predicted molar refractivity (Wildman–Crippen MR) is 116 cm³/mol. The van der Waals surface area contributed by atoms with Crippen LogP contribution in [-0.4, -0.2) is 47.6 Å². The van der Waals surface area contributed by atoms with Crippen molar-refractivity contribution < 1.29 is 19.7 Å². The van der Waals surface area contributed by atoms with Crippen LogP contribution in [0.1, 0.15) is 48.1 Å². The molecule has 162 valence electrons. The Kier molecular flexibility index (Phi) is 5.71. The number of aromatic nitrogens is 1. The Labute approximate surface area is 181 Å². The molecule has 3 aliphatic rings. The second-order valence-electron chi connectivity index (χ2n) is 8.83. The molecule has 0 amide bonds. The van der Waals surface area contributed by atoms with Gasteiger partial charge >= 0.3 is 0 Å². The van der Waals surface area contributed by atoms with Gasteiger partial charge in [-0.25, -0.2) is 4.98 Å². The molecular weight excluding hydrogens is 400 g/mol. The molecule has 1 saturated carbocycles. The summed E-state index contributed by atoms with van der Waals surface area (Å²) in [6, 6.07) is 6.38. The largest absolute Gasteiger partial charge is 0.493 e. The van der Waals surface area contributed by atoms with E-state index in [4.69, 9.17) is 9.47 Å². The molecule has 0 radical (unpaired) electrons. The maximum absolute atomic E-state index is 10.7. The highest BCUT2D eigenvalue weighted by Crippen LogP contribution is 2.46. The SMILES string of the molecule is CN1CCCc2ccc(OC[C@@H]3[C@H]4CC[C@H](c5nc(CO)cs5)O[C@H]4C[C@@H]3O)cc21. The number of nitrogens with zero attached hydrogens (tertiary/aromatic N) is 2. The summed E-state index contributed by atoms with van der Waals surface area (Å²) in [5, 5.41) is 22.8. The second-order valence-corrected chi connectivity index (χ2v) is 9.72. The van der Waals surface area contributed by atoms with E-state index in [9.17, 15) is 10.2 Å². The van der Waals surface area contributed by atoms with E-state index in [0.717, 1.165) is 36.6 Å². The third-order valence-corrected chi connectivity index (χ3v) is 7.94. The van der Waals surface area contributed by atoms with Crippen molar-refractivity contribution in [3.8, 4) is 5.75 Å². The maximum atomic E-state index is 10.7. The Bertz CT molecular complexity index is 888.